The summed E-state index contributed by atoms with van der Waals surface area (Å²) >= 11 is 0. The number of nitrogens with zero attached hydrogens (tertiary/aromatic N) is 1. The molecule has 1 aromatic heterocycles. The summed E-state index contributed by atoms with van der Waals surface area (Å²) in [5, 5.41) is 3.65. The SMILES string of the molecule is COc1ncccc1NC1CCC2CCCCC2C1. The zero-order valence-corrected chi connectivity index (χ0v) is 11.8. The van der Waals surface area contributed by atoms with Crippen LogP contribution < -0.4 is 10.1 Å². The molecular formula is C16H24N2O. The fraction of sp³-hybridized carbons (Fsp3) is 0.688. The molecule has 2 fully saturated rings. The van der Waals surface area contributed by atoms with Crippen LogP contribution in [0, 0.1) is 11.8 Å². The second-order valence-corrected chi connectivity index (χ2v) is 6.02. The van der Waals surface area contributed by atoms with Gasteiger partial charge in [-0.15, -0.1) is 0 Å². The number of rotatable bonds is 3. The number of fused-ring (bicyclic) bond motifs is 1. The number of ether oxygens (including phenoxy) is 1. The van der Waals surface area contributed by atoms with E-state index in [2.05, 4.69) is 16.4 Å². The van der Waals surface area contributed by atoms with Gasteiger partial charge >= 0.3 is 0 Å². The van der Waals surface area contributed by atoms with Crippen molar-refractivity contribution in [2.24, 2.45) is 11.8 Å². The predicted molar refractivity (Wildman–Crippen MR) is 77.5 cm³/mol. The molecule has 1 aromatic rings. The Kier molecular flexibility index (Phi) is 3.90. The summed E-state index contributed by atoms with van der Waals surface area (Å²) in [5.41, 5.74) is 1.05. The van der Waals surface area contributed by atoms with Crippen LogP contribution in [0.5, 0.6) is 5.88 Å². The van der Waals surface area contributed by atoms with E-state index in [1.54, 1.807) is 13.3 Å². The Morgan fingerprint density at radius 2 is 2.00 bits per heavy atom. The smallest absolute Gasteiger partial charge is 0.237 e. The zero-order chi connectivity index (χ0) is 13.1. The fourth-order valence-corrected chi connectivity index (χ4v) is 3.89. The quantitative estimate of drug-likeness (QED) is 0.896. The molecule has 0 amide bonds. The van der Waals surface area contributed by atoms with Crippen molar-refractivity contribution in [3.8, 4) is 5.88 Å². The van der Waals surface area contributed by atoms with Crippen LogP contribution in [-0.4, -0.2) is 18.1 Å². The molecule has 2 aliphatic rings. The first-order valence-electron chi connectivity index (χ1n) is 7.62. The lowest BCUT2D eigenvalue weighted by Gasteiger charge is -2.39. The zero-order valence-electron chi connectivity index (χ0n) is 11.8. The van der Waals surface area contributed by atoms with Gasteiger partial charge < -0.3 is 10.1 Å². The topological polar surface area (TPSA) is 34.1 Å². The molecule has 3 rings (SSSR count). The average Bonchev–Trinajstić information content (AvgIpc) is 2.48. The molecule has 19 heavy (non-hydrogen) atoms. The first-order valence-corrected chi connectivity index (χ1v) is 7.62. The molecule has 1 heterocycles. The predicted octanol–water partition coefficient (Wildman–Crippen LogP) is 3.86. The van der Waals surface area contributed by atoms with Gasteiger partial charge in [-0.3, -0.25) is 0 Å². The Labute approximate surface area is 115 Å². The third-order valence-corrected chi connectivity index (χ3v) is 4.86. The molecule has 2 aliphatic carbocycles. The summed E-state index contributed by atoms with van der Waals surface area (Å²) in [5.74, 6) is 2.67. The number of nitrogens with one attached hydrogen (secondary N) is 1. The molecule has 1 N–H and O–H groups in total. The van der Waals surface area contributed by atoms with Gasteiger partial charge in [0.15, 0.2) is 0 Å². The average molecular weight is 260 g/mol. The molecule has 3 nitrogen and oxygen atoms in total. The summed E-state index contributed by atoms with van der Waals surface area (Å²) < 4.78 is 5.32. The van der Waals surface area contributed by atoms with E-state index in [0.29, 0.717) is 11.9 Å². The third-order valence-electron chi connectivity index (χ3n) is 4.86. The lowest BCUT2D eigenvalue weighted by molar-refractivity contribution is 0.162. The Morgan fingerprint density at radius 1 is 1.16 bits per heavy atom. The number of methoxy groups -OCH3 is 1. The lowest BCUT2D eigenvalue weighted by Crippen LogP contribution is -2.34. The lowest BCUT2D eigenvalue weighted by atomic mass is 9.69. The van der Waals surface area contributed by atoms with Crippen LogP contribution >= 0.6 is 0 Å². The van der Waals surface area contributed by atoms with E-state index in [1.165, 1.54) is 44.9 Å². The molecule has 3 atom stereocenters. The molecule has 0 aliphatic heterocycles. The van der Waals surface area contributed by atoms with E-state index in [-0.39, 0.29) is 0 Å². The molecule has 2 saturated carbocycles. The minimum absolute atomic E-state index is 0.595. The van der Waals surface area contributed by atoms with Crippen molar-refractivity contribution in [1.82, 2.24) is 4.98 Å². The number of pyridine rings is 1. The first kappa shape index (κ1) is 12.8. The summed E-state index contributed by atoms with van der Waals surface area (Å²) in [4.78, 5) is 4.26. The molecule has 0 aromatic carbocycles. The molecule has 0 saturated heterocycles. The van der Waals surface area contributed by atoms with Crippen LogP contribution in [0.25, 0.3) is 0 Å². The normalized spacial score (nSPS) is 30.5. The molecule has 0 radical (unpaired) electrons. The maximum Gasteiger partial charge on any atom is 0.237 e. The highest BCUT2D eigenvalue weighted by molar-refractivity contribution is 5.52. The Morgan fingerprint density at radius 3 is 2.84 bits per heavy atom. The van der Waals surface area contributed by atoms with E-state index in [0.717, 1.165) is 17.5 Å². The molecular weight excluding hydrogens is 236 g/mol. The number of anilines is 1. The highest BCUT2D eigenvalue weighted by Gasteiger charge is 2.32. The van der Waals surface area contributed by atoms with Gasteiger partial charge in [0, 0.05) is 12.2 Å². The summed E-state index contributed by atoms with van der Waals surface area (Å²) in [6.45, 7) is 0. The maximum absolute atomic E-state index is 5.32. The van der Waals surface area contributed by atoms with Crippen molar-refractivity contribution in [2.75, 3.05) is 12.4 Å². The van der Waals surface area contributed by atoms with Crippen molar-refractivity contribution < 1.29 is 4.74 Å². The number of hydrogen-bond acceptors (Lipinski definition) is 3. The van der Waals surface area contributed by atoms with Crippen molar-refractivity contribution in [3.05, 3.63) is 18.3 Å². The van der Waals surface area contributed by atoms with Crippen LogP contribution in [0.4, 0.5) is 5.69 Å². The van der Waals surface area contributed by atoms with Crippen LogP contribution in [0.15, 0.2) is 18.3 Å². The third kappa shape index (κ3) is 2.85. The van der Waals surface area contributed by atoms with Gasteiger partial charge in [-0.25, -0.2) is 4.98 Å². The van der Waals surface area contributed by atoms with E-state index < -0.39 is 0 Å². The summed E-state index contributed by atoms with van der Waals surface area (Å²) in [6.07, 6.45) is 11.6. The highest BCUT2D eigenvalue weighted by Crippen LogP contribution is 2.41. The molecule has 0 spiro atoms. The first-order chi connectivity index (χ1) is 9.36. The molecule has 104 valence electrons. The van der Waals surface area contributed by atoms with E-state index in [9.17, 15) is 0 Å². The van der Waals surface area contributed by atoms with Crippen LogP contribution in [0.2, 0.25) is 0 Å². The van der Waals surface area contributed by atoms with Crippen molar-refractivity contribution in [2.45, 2.75) is 51.0 Å². The molecule has 0 bridgehead atoms. The second-order valence-electron chi connectivity index (χ2n) is 6.02. The van der Waals surface area contributed by atoms with Gasteiger partial charge in [0.1, 0.15) is 0 Å². The Hall–Kier alpha value is -1.25. The summed E-state index contributed by atoms with van der Waals surface area (Å²) in [7, 11) is 1.69. The minimum atomic E-state index is 0.595. The van der Waals surface area contributed by atoms with Gasteiger partial charge in [0.2, 0.25) is 5.88 Å². The Balaban J connectivity index is 1.64. The molecule has 3 heteroatoms. The summed E-state index contributed by atoms with van der Waals surface area (Å²) in [6, 6.07) is 4.63. The molecule has 3 unspecified atom stereocenters. The van der Waals surface area contributed by atoms with Gasteiger partial charge in [-0.05, 0) is 43.2 Å². The van der Waals surface area contributed by atoms with Crippen LogP contribution in [0.1, 0.15) is 44.9 Å². The highest BCUT2D eigenvalue weighted by atomic mass is 16.5. The van der Waals surface area contributed by atoms with Crippen LogP contribution in [-0.2, 0) is 0 Å². The van der Waals surface area contributed by atoms with E-state index >= 15 is 0 Å². The largest absolute Gasteiger partial charge is 0.480 e. The van der Waals surface area contributed by atoms with Gasteiger partial charge in [0.05, 0.1) is 12.8 Å². The Bertz CT molecular complexity index is 421. The monoisotopic (exact) mass is 260 g/mol. The second kappa shape index (κ2) is 5.81. The van der Waals surface area contributed by atoms with E-state index in [4.69, 9.17) is 4.74 Å². The van der Waals surface area contributed by atoms with Crippen molar-refractivity contribution >= 4 is 5.69 Å². The van der Waals surface area contributed by atoms with Gasteiger partial charge in [-0.2, -0.15) is 0 Å². The number of aromatic nitrogens is 1. The fourth-order valence-electron chi connectivity index (χ4n) is 3.89. The van der Waals surface area contributed by atoms with Crippen LogP contribution in [0.3, 0.4) is 0 Å². The maximum atomic E-state index is 5.32. The minimum Gasteiger partial charge on any atom is -0.480 e. The van der Waals surface area contributed by atoms with Gasteiger partial charge in [0.25, 0.3) is 0 Å². The van der Waals surface area contributed by atoms with Gasteiger partial charge in [-0.1, -0.05) is 25.7 Å². The number of hydrogen-bond donors (Lipinski definition) is 1. The van der Waals surface area contributed by atoms with Crippen molar-refractivity contribution in [1.29, 1.82) is 0 Å². The van der Waals surface area contributed by atoms with E-state index in [1.807, 2.05) is 6.07 Å². The van der Waals surface area contributed by atoms with Crippen molar-refractivity contribution in [3.63, 3.8) is 0 Å². The standard InChI is InChI=1S/C16H24N2O/c1-19-16-15(7-4-10-17-16)18-14-9-8-12-5-2-3-6-13(12)11-14/h4,7,10,12-14,18H,2-3,5-6,8-9,11H2,1H3.